The van der Waals surface area contributed by atoms with Gasteiger partial charge in [0.1, 0.15) is 5.82 Å². The molecule has 0 radical (unpaired) electrons. The van der Waals surface area contributed by atoms with Gasteiger partial charge in [0, 0.05) is 19.7 Å². The predicted molar refractivity (Wildman–Crippen MR) is 84.6 cm³/mol. The molecule has 1 aliphatic heterocycles. The van der Waals surface area contributed by atoms with Crippen molar-refractivity contribution < 1.29 is 9.53 Å². The minimum absolute atomic E-state index is 0.136. The summed E-state index contributed by atoms with van der Waals surface area (Å²) in [7, 11) is 1.50. The second kappa shape index (κ2) is 7.80. The van der Waals surface area contributed by atoms with Crippen LogP contribution in [0, 0.1) is 0 Å². The van der Waals surface area contributed by atoms with Gasteiger partial charge in [-0.2, -0.15) is 0 Å². The first kappa shape index (κ1) is 16.3. The van der Waals surface area contributed by atoms with Crippen LogP contribution in [0.25, 0.3) is 0 Å². The van der Waals surface area contributed by atoms with E-state index in [-0.39, 0.29) is 30.6 Å². The molecule has 1 aliphatic rings. The fourth-order valence-corrected chi connectivity index (χ4v) is 2.54. The third kappa shape index (κ3) is 4.46. The summed E-state index contributed by atoms with van der Waals surface area (Å²) in [6.07, 6.45) is 0. The summed E-state index contributed by atoms with van der Waals surface area (Å²) in [5, 5.41) is 6.33. The average molecular weight is 327 g/mol. The highest BCUT2D eigenvalue weighted by Crippen LogP contribution is 2.07. The molecule has 22 heavy (non-hydrogen) atoms. The quantitative estimate of drug-likeness (QED) is 0.605. The van der Waals surface area contributed by atoms with Gasteiger partial charge in [-0.1, -0.05) is 11.8 Å². The number of anilines is 1. The number of aliphatic imine (C=N–C) groups is 1. The Kier molecular flexibility index (Phi) is 5.78. The van der Waals surface area contributed by atoms with Crippen LogP contribution in [0.1, 0.15) is 0 Å². The molecule has 2 rings (SSSR count). The smallest absolute Gasteiger partial charge is 0.329 e. The van der Waals surface area contributed by atoms with Gasteiger partial charge in [0.25, 0.3) is 5.56 Å². The SMILES string of the molecule is COCCn1c(NC(=O)CSC2=NCCN2)cc(=O)[nH]c1=O. The zero-order valence-corrected chi connectivity index (χ0v) is 12.9. The number of carbonyl (C=O) groups is 1. The monoisotopic (exact) mass is 327 g/mol. The van der Waals surface area contributed by atoms with Gasteiger partial charge in [0.15, 0.2) is 5.17 Å². The number of nitrogens with one attached hydrogen (secondary N) is 3. The van der Waals surface area contributed by atoms with E-state index in [1.54, 1.807) is 0 Å². The van der Waals surface area contributed by atoms with Gasteiger partial charge < -0.3 is 15.4 Å². The molecule has 0 unspecified atom stereocenters. The maximum atomic E-state index is 11.9. The number of hydrogen-bond donors (Lipinski definition) is 3. The van der Waals surface area contributed by atoms with Crippen LogP contribution >= 0.6 is 11.8 Å². The molecule has 0 fully saturated rings. The van der Waals surface area contributed by atoms with Crippen LogP contribution in [0.2, 0.25) is 0 Å². The van der Waals surface area contributed by atoms with Gasteiger partial charge >= 0.3 is 5.69 Å². The number of amides is 1. The second-order valence-corrected chi connectivity index (χ2v) is 5.38. The number of amidine groups is 1. The Bertz CT molecular complexity index is 681. The van der Waals surface area contributed by atoms with Gasteiger partial charge in [-0.25, -0.2) is 4.79 Å². The molecule has 0 aromatic carbocycles. The number of hydrogen-bond acceptors (Lipinski definition) is 7. The van der Waals surface area contributed by atoms with Crippen molar-refractivity contribution >= 4 is 28.7 Å². The molecule has 0 spiro atoms. The molecular formula is C12H17N5O4S. The van der Waals surface area contributed by atoms with Crippen molar-refractivity contribution in [1.29, 1.82) is 0 Å². The van der Waals surface area contributed by atoms with Crippen LogP contribution in [-0.2, 0) is 16.1 Å². The number of aromatic amines is 1. The van der Waals surface area contributed by atoms with Crippen LogP contribution < -0.4 is 21.9 Å². The summed E-state index contributed by atoms with van der Waals surface area (Å²) in [5.74, 6) is -0.0350. The largest absolute Gasteiger partial charge is 0.383 e. The Morgan fingerprint density at radius 3 is 3.05 bits per heavy atom. The number of nitrogens with zero attached hydrogens (tertiary/aromatic N) is 2. The maximum absolute atomic E-state index is 11.9. The molecule has 0 aliphatic carbocycles. The van der Waals surface area contributed by atoms with Crippen molar-refractivity contribution in [2.75, 3.05) is 37.9 Å². The lowest BCUT2D eigenvalue weighted by molar-refractivity contribution is -0.113. The van der Waals surface area contributed by atoms with Crippen LogP contribution in [0.3, 0.4) is 0 Å². The molecule has 1 amide bonds. The van der Waals surface area contributed by atoms with Crippen molar-refractivity contribution in [2.24, 2.45) is 4.99 Å². The van der Waals surface area contributed by atoms with Crippen LogP contribution in [0.4, 0.5) is 5.82 Å². The number of methoxy groups -OCH3 is 1. The van der Waals surface area contributed by atoms with Gasteiger partial charge in [-0.15, -0.1) is 0 Å². The van der Waals surface area contributed by atoms with E-state index in [1.807, 2.05) is 0 Å². The summed E-state index contributed by atoms with van der Waals surface area (Å²) in [6, 6.07) is 1.17. The normalized spacial score (nSPS) is 13.6. The first-order chi connectivity index (χ1) is 10.6. The van der Waals surface area contributed by atoms with Gasteiger partial charge in [-0.3, -0.25) is 24.1 Å². The summed E-state index contributed by atoms with van der Waals surface area (Å²) in [4.78, 5) is 41.4. The van der Waals surface area contributed by atoms with E-state index in [4.69, 9.17) is 4.74 Å². The van der Waals surface area contributed by atoms with E-state index in [1.165, 1.54) is 29.5 Å². The van der Waals surface area contributed by atoms with Gasteiger partial charge in [0.05, 0.1) is 25.4 Å². The Labute approximate surface area is 130 Å². The molecule has 0 atom stereocenters. The van der Waals surface area contributed by atoms with Gasteiger partial charge in [-0.05, 0) is 0 Å². The number of thioether (sulfide) groups is 1. The fraction of sp³-hybridized carbons (Fsp3) is 0.500. The van der Waals surface area contributed by atoms with E-state index in [9.17, 15) is 14.4 Å². The number of ether oxygens (including phenoxy) is 1. The number of carbonyl (C=O) groups excluding carboxylic acids is 1. The second-order valence-electron chi connectivity index (χ2n) is 4.42. The van der Waals surface area contributed by atoms with Gasteiger partial charge in [0.2, 0.25) is 5.91 Å². The minimum Gasteiger partial charge on any atom is -0.383 e. The lowest BCUT2D eigenvalue weighted by Crippen LogP contribution is -2.34. The Morgan fingerprint density at radius 1 is 1.55 bits per heavy atom. The van der Waals surface area contributed by atoms with Crippen LogP contribution in [-0.4, -0.2) is 53.2 Å². The van der Waals surface area contributed by atoms with Crippen molar-refractivity contribution in [2.45, 2.75) is 6.54 Å². The number of aromatic nitrogens is 2. The molecule has 3 N–H and O–H groups in total. The Hall–Kier alpha value is -2.07. The van der Waals surface area contributed by atoms with E-state index in [0.29, 0.717) is 6.54 Å². The van der Waals surface area contributed by atoms with E-state index in [0.717, 1.165) is 11.7 Å². The zero-order chi connectivity index (χ0) is 15.9. The molecule has 0 bridgehead atoms. The van der Waals surface area contributed by atoms with Crippen LogP contribution in [0.5, 0.6) is 0 Å². The highest BCUT2D eigenvalue weighted by Gasteiger charge is 2.12. The first-order valence-corrected chi connectivity index (χ1v) is 7.63. The molecular weight excluding hydrogens is 310 g/mol. The molecule has 2 heterocycles. The third-order valence-corrected chi connectivity index (χ3v) is 3.76. The molecule has 0 saturated carbocycles. The third-order valence-electron chi connectivity index (χ3n) is 2.80. The Balaban J connectivity index is 2.05. The van der Waals surface area contributed by atoms with Crippen molar-refractivity contribution in [1.82, 2.24) is 14.9 Å². The average Bonchev–Trinajstić information content (AvgIpc) is 2.97. The Morgan fingerprint density at radius 2 is 2.36 bits per heavy atom. The standard InChI is InChI=1S/C12H17N5O4S/c1-21-5-4-17-8(6-9(18)16-12(17)20)15-10(19)7-22-11-13-2-3-14-11/h6H,2-5,7H2,1H3,(H,13,14)(H,15,19)(H,16,18,20). The van der Waals surface area contributed by atoms with E-state index < -0.39 is 11.2 Å². The van der Waals surface area contributed by atoms with E-state index >= 15 is 0 Å². The fourth-order valence-electron chi connectivity index (χ4n) is 1.81. The van der Waals surface area contributed by atoms with Crippen molar-refractivity contribution in [3.05, 3.63) is 26.9 Å². The molecule has 9 nitrogen and oxygen atoms in total. The molecule has 120 valence electrons. The van der Waals surface area contributed by atoms with Crippen molar-refractivity contribution in [3.8, 4) is 0 Å². The lowest BCUT2D eigenvalue weighted by atomic mass is 10.5. The molecule has 1 aromatic heterocycles. The highest BCUT2D eigenvalue weighted by atomic mass is 32.2. The van der Waals surface area contributed by atoms with Crippen LogP contribution in [0.15, 0.2) is 20.6 Å². The minimum atomic E-state index is -0.589. The van der Waals surface area contributed by atoms with Crippen molar-refractivity contribution in [3.63, 3.8) is 0 Å². The number of H-pyrrole nitrogens is 1. The summed E-state index contributed by atoms with van der Waals surface area (Å²) in [5.41, 5.74) is -1.15. The lowest BCUT2D eigenvalue weighted by Gasteiger charge is -2.12. The highest BCUT2D eigenvalue weighted by molar-refractivity contribution is 8.14. The topological polar surface area (TPSA) is 118 Å². The molecule has 10 heteroatoms. The molecule has 0 saturated heterocycles. The summed E-state index contributed by atoms with van der Waals surface area (Å²) < 4.78 is 6.16. The first-order valence-electron chi connectivity index (χ1n) is 6.64. The van der Waals surface area contributed by atoms with E-state index in [2.05, 4.69) is 20.6 Å². The summed E-state index contributed by atoms with van der Waals surface area (Å²) in [6.45, 7) is 1.98. The predicted octanol–water partition coefficient (Wildman–Crippen LogP) is -1.19. The molecule has 1 aromatic rings. The number of rotatable bonds is 6. The zero-order valence-electron chi connectivity index (χ0n) is 12.0. The maximum Gasteiger partial charge on any atom is 0.329 e. The summed E-state index contributed by atoms with van der Waals surface area (Å²) >= 11 is 1.27.